The summed E-state index contributed by atoms with van der Waals surface area (Å²) < 4.78 is 31.7. The highest BCUT2D eigenvalue weighted by molar-refractivity contribution is 6.30. The number of hydrogen-bond donors (Lipinski definition) is 1. The van der Waals surface area contributed by atoms with Gasteiger partial charge in [-0.25, -0.2) is 8.78 Å². The second kappa shape index (κ2) is 6.13. The van der Waals surface area contributed by atoms with Crippen molar-refractivity contribution in [1.82, 2.24) is 0 Å². The number of ether oxygens (including phenoxy) is 1. The van der Waals surface area contributed by atoms with E-state index in [2.05, 4.69) is 0 Å². The molecule has 0 amide bonds. The number of rotatable bonds is 5. The standard InChI is InChI=1S/C11H14ClF2NO/c1-2-3-16-6-11(15)7-4-10(14)8(12)5-9(7)13/h4-5,11H,2-3,6,15H2,1H3. The first kappa shape index (κ1) is 13.4. The van der Waals surface area contributed by atoms with Crippen LogP contribution in [-0.2, 0) is 4.74 Å². The molecule has 1 rings (SSSR count). The van der Waals surface area contributed by atoms with Crippen LogP contribution in [0.1, 0.15) is 24.9 Å². The monoisotopic (exact) mass is 249 g/mol. The van der Waals surface area contributed by atoms with Crippen LogP contribution in [0.4, 0.5) is 8.78 Å². The average molecular weight is 250 g/mol. The Morgan fingerprint density at radius 1 is 1.38 bits per heavy atom. The Labute approximate surface area is 98.3 Å². The predicted molar refractivity (Wildman–Crippen MR) is 59.4 cm³/mol. The molecule has 2 N–H and O–H groups in total. The van der Waals surface area contributed by atoms with Gasteiger partial charge in [-0.2, -0.15) is 0 Å². The molecule has 1 aromatic carbocycles. The van der Waals surface area contributed by atoms with Gasteiger partial charge in [0.1, 0.15) is 11.6 Å². The SMILES string of the molecule is CCCOCC(N)c1cc(F)c(Cl)cc1F. The van der Waals surface area contributed by atoms with Crippen molar-refractivity contribution in [2.24, 2.45) is 5.73 Å². The van der Waals surface area contributed by atoms with Crippen LogP contribution >= 0.6 is 11.6 Å². The molecule has 2 nitrogen and oxygen atoms in total. The van der Waals surface area contributed by atoms with Crippen molar-refractivity contribution >= 4 is 11.6 Å². The maximum absolute atomic E-state index is 13.4. The topological polar surface area (TPSA) is 35.2 Å². The maximum Gasteiger partial charge on any atom is 0.142 e. The third kappa shape index (κ3) is 3.40. The van der Waals surface area contributed by atoms with Crippen molar-refractivity contribution in [3.8, 4) is 0 Å². The lowest BCUT2D eigenvalue weighted by molar-refractivity contribution is 0.120. The Morgan fingerprint density at radius 3 is 2.69 bits per heavy atom. The van der Waals surface area contributed by atoms with E-state index < -0.39 is 17.7 Å². The van der Waals surface area contributed by atoms with Gasteiger partial charge in [-0.15, -0.1) is 0 Å². The molecule has 1 unspecified atom stereocenters. The second-order valence-electron chi connectivity index (χ2n) is 3.47. The lowest BCUT2D eigenvalue weighted by Crippen LogP contribution is -2.19. The summed E-state index contributed by atoms with van der Waals surface area (Å²) in [4.78, 5) is 0. The van der Waals surface area contributed by atoms with E-state index in [1.54, 1.807) is 0 Å². The first-order chi connectivity index (χ1) is 7.56. The summed E-state index contributed by atoms with van der Waals surface area (Å²) in [6, 6.07) is 1.25. The van der Waals surface area contributed by atoms with Crippen molar-refractivity contribution in [1.29, 1.82) is 0 Å². The molecule has 0 aliphatic heterocycles. The lowest BCUT2D eigenvalue weighted by Gasteiger charge is -2.13. The molecular weight excluding hydrogens is 236 g/mol. The zero-order valence-electron chi connectivity index (χ0n) is 8.97. The van der Waals surface area contributed by atoms with Gasteiger partial charge in [0, 0.05) is 12.2 Å². The van der Waals surface area contributed by atoms with Crippen LogP contribution in [-0.4, -0.2) is 13.2 Å². The van der Waals surface area contributed by atoms with Crippen LogP contribution in [0.5, 0.6) is 0 Å². The zero-order valence-corrected chi connectivity index (χ0v) is 9.73. The van der Waals surface area contributed by atoms with Crippen LogP contribution in [0.25, 0.3) is 0 Å². The Kier molecular flexibility index (Phi) is 5.12. The van der Waals surface area contributed by atoms with Crippen LogP contribution in [0.15, 0.2) is 12.1 Å². The Morgan fingerprint density at radius 2 is 2.06 bits per heavy atom. The number of halogens is 3. The van der Waals surface area contributed by atoms with Crippen molar-refractivity contribution in [2.45, 2.75) is 19.4 Å². The predicted octanol–water partition coefficient (Wildman–Crippen LogP) is 3.04. The highest BCUT2D eigenvalue weighted by Gasteiger charge is 2.15. The van der Waals surface area contributed by atoms with Gasteiger partial charge in [0.15, 0.2) is 0 Å². The molecule has 0 bridgehead atoms. The van der Waals surface area contributed by atoms with Gasteiger partial charge in [-0.1, -0.05) is 18.5 Å². The lowest BCUT2D eigenvalue weighted by atomic mass is 10.1. The molecule has 0 radical (unpaired) electrons. The minimum absolute atomic E-state index is 0.0815. The molecular formula is C11H14ClF2NO. The first-order valence-electron chi connectivity index (χ1n) is 5.04. The van der Waals surface area contributed by atoms with Gasteiger partial charge in [-0.3, -0.25) is 0 Å². The fraction of sp³-hybridized carbons (Fsp3) is 0.455. The third-order valence-corrected chi connectivity index (χ3v) is 2.37. The molecule has 0 saturated heterocycles. The maximum atomic E-state index is 13.4. The Hall–Kier alpha value is -0.710. The van der Waals surface area contributed by atoms with Gasteiger partial charge < -0.3 is 10.5 Å². The van der Waals surface area contributed by atoms with Crippen molar-refractivity contribution < 1.29 is 13.5 Å². The van der Waals surface area contributed by atoms with E-state index in [1.165, 1.54) is 0 Å². The largest absolute Gasteiger partial charge is 0.379 e. The number of hydrogen-bond acceptors (Lipinski definition) is 2. The molecule has 90 valence electrons. The van der Waals surface area contributed by atoms with E-state index in [-0.39, 0.29) is 17.2 Å². The third-order valence-electron chi connectivity index (χ3n) is 2.08. The van der Waals surface area contributed by atoms with E-state index in [0.29, 0.717) is 6.61 Å². The van der Waals surface area contributed by atoms with Gasteiger partial charge in [0.05, 0.1) is 17.7 Å². The molecule has 0 aromatic heterocycles. The van der Waals surface area contributed by atoms with E-state index in [0.717, 1.165) is 18.6 Å². The molecule has 0 heterocycles. The molecule has 16 heavy (non-hydrogen) atoms. The minimum atomic E-state index is -0.682. The van der Waals surface area contributed by atoms with E-state index in [9.17, 15) is 8.78 Å². The van der Waals surface area contributed by atoms with Crippen molar-refractivity contribution in [3.63, 3.8) is 0 Å². The van der Waals surface area contributed by atoms with Gasteiger partial charge in [0.25, 0.3) is 0 Å². The average Bonchev–Trinajstić information content (AvgIpc) is 2.23. The van der Waals surface area contributed by atoms with Crippen LogP contribution in [0.2, 0.25) is 5.02 Å². The molecule has 0 aliphatic rings. The highest BCUT2D eigenvalue weighted by Crippen LogP contribution is 2.23. The van der Waals surface area contributed by atoms with Gasteiger partial charge >= 0.3 is 0 Å². The number of benzene rings is 1. The van der Waals surface area contributed by atoms with Gasteiger partial charge in [-0.05, 0) is 18.6 Å². The Balaban J connectivity index is 2.75. The summed E-state index contributed by atoms with van der Waals surface area (Å²) in [6.45, 7) is 2.66. The van der Waals surface area contributed by atoms with E-state index in [1.807, 2.05) is 6.92 Å². The first-order valence-corrected chi connectivity index (χ1v) is 5.41. The molecule has 0 spiro atoms. The molecule has 5 heteroatoms. The van der Waals surface area contributed by atoms with E-state index in [4.69, 9.17) is 22.1 Å². The fourth-order valence-corrected chi connectivity index (χ4v) is 1.42. The zero-order chi connectivity index (χ0) is 12.1. The number of nitrogens with two attached hydrogens (primary N) is 1. The van der Waals surface area contributed by atoms with E-state index >= 15 is 0 Å². The van der Waals surface area contributed by atoms with Crippen molar-refractivity contribution in [2.75, 3.05) is 13.2 Å². The smallest absolute Gasteiger partial charge is 0.142 e. The summed E-state index contributed by atoms with van der Waals surface area (Å²) in [5.41, 5.74) is 5.76. The molecule has 0 fully saturated rings. The summed E-state index contributed by atoms with van der Waals surface area (Å²) in [6.07, 6.45) is 0.851. The second-order valence-corrected chi connectivity index (χ2v) is 3.88. The summed E-state index contributed by atoms with van der Waals surface area (Å²) in [7, 11) is 0. The van der Waals surface area contributed by atoms with Gasteiger partial charge in [0.2, 0.25) is 0 Å². The molecule has 1 aromatic rings. The fourth-order valence-electron chi connectivity index (χ4n) is 1.27. The van der Waals surface area contributed by atoms with Crippen LogP contribution in [0.3, 0.4) is 0 Å². The quantitative estimate of drug-likeness (QED) is 0.643. The molecule has 0 saturated carbocycles. The van der Waals surface area contributed by atoms with Crippen LogP contribution in [0, 0.1) is 11.6 Å². The normalized spacial score (nSPS) is 12.8. The highest BCUT2D eigenvalue weighted by atomic mass is 35.5. The molecule has 1 atom stereocenters. The summed E-state index contributed by atoms with van der Waals surface area (Å²) >= 11 is 5.43. The summed E-state index contributed by atoms with van der Waals surface area (Å²) in [5, 5.41) is -0.247. The molecule has 0 aliphatic carbocycles. The van der Waals surface area contributed by atoms with Crippen LogP contribution < -0.4 is 5.73 Å². The minimum Gasteiger partial charge on any atom is -0.379 e. The van der Waals surface area contributed by atoms with Crippen molar-refractivity contribution in [3.05, 3.63) is 34.4 Å². The Bertz CT molecular complexity index is 360. The summed E-state index contributed by atoms with van der Waals surface area (Å²) in [5.74, 6) is -1.29.